The molecule has 112 valence electrons. The highest BCUT2D eigenvalue weighted by Crippen LogP contribution is 2.25. The molecule has 0 spiro atoms. The molecule has 1 aromatic carbocycles. The molecule has 0 bridgehead atoms. The van der Waals surface area contributed by atoms with Crippen LogP contribution in [0.5, 0.6) is 0 Å². The largest absolute Gasteiger partial charge is 0.319 e. The molecule has 0 saturated heterocycles. The van der Waals surface area contributed by atoms with E-state index in [-0.39, 0.29) is 11.9 Å². The molecule has 0 saturated carbocycles. The van der Waals surface area contributed by atoms with Crippen molar-refractivity contribution in [1.82, 2.24) is 9.78 Å². The Balaban J connectivity index is 2.32. The zero-order valence-electron chi connectivity index (χ0n) is 13.0. The summed E-state index contributed by atoms with van der Waals surface area (Å²) in [5.41, 5.74) is 4.33. The summed E-state index contributed by atoms with van der Waals surface area (Å²) in [5, 5.41) is 7.46. The fraction of sp³-hybridized carbons (Fsp3) is 0.375. The van der Waals surface area contributed by atoms with E-state index >= 15 is 0 Å². The zero-order chi connectivity index (χ0) is 15.7. The number of anilines is 1. The summed E-state index contributed by atoms with van der Waals surface area (Å²) in [7, 11) is 0. The molecule has 0 aliphatic rings. The maximum Gasteiger partial charge on any atom is 0.256 e. The Bertz CT molecular complexity index is 689. The smallest absolute Gasteiger partial charge is 0.256 e. The highest BCUT2D eigenvalue weighted by atomic mass is 79.9. The third-order valence-corrected chi connectivity index (χ3v) is 4.08. The second kappa shape index (κ2) is 6.02. The third-order valence-electron chi connectivity index (χ3n) is 3.42. The fourth-order valence-electron chi connectivity index (χ4n) is 2.33. The predicted octanol–water partition coefficient (Wildman–Crippen LogP) is 4.40. The second-order valence-corrected chi connectivity index (χ2v) is 6.38. The van der Waals surface area contributed by atoms with Gasteiger partial charge in [-0.2, -0.15) is 5.10 Å². The Morgan fingerprint density at radius 3 is 2.48 bits per heavy atom. The van der Waals surface area contributed by atoms with Crippen LogP contribution in [0.25, 0.3) is 0 Å². The summed E-state index contributed by atoms with van der Waals surface area (Å²) in [6.45, 7) is 10.0. The van der Waals surface area contributed by atoms with Gasteiger partial charge in [-0.25, -0.2) is 0 Å². The summed E-state index contributed by atoms with van der Waals surface area (Å²) < 4.78 is 2.72. The molecule has 0 atom stereocenters. The first kappa shape index (κ1) is 15.8. The first-order valence-corrected chi connectivity index (χ1v) is 7.73. The van der Waals surface area contributed by atoms with Gasteiger partial charge in [0.05, 0.1) is 22.6 Å². The number of benzene rings is 1. The SMILES string of the molecule is Cc1ccc(C(=O)Nc2c(C)nn(C(C)C)c2C)c(Br)c1. The number of amides is 1. The molecule has 0 aliphatic heterocycles. The molecule has 0 fully saturated rings. The minimum absolute atomic E-state index is 0.128. The Morgan fingerprint density at radius 1 is 1.29 bits per heavy atom. The fourth-order valence-corrected chi connectivity index (χ4v) is 3.01. The minimum atomic E-state index is -0.128. The van der Waals surface area contributed by atoms with Gasteiger partial charge in [-0.05, 0) is 68.2 Å². The van der Waals surface area contributed by atoms with Crippen molar-refractivity contribution < 1.29 is 4.79 Å². The van der Waals surface area contributed by atoms with Crippen LogP contribution in [-0.2, 0) is 0 Å². The molecular weight excluding hydrogens is 330 g/mol. The number of aromatic nitrogens is 2. The van der Waals surface area contributed by atoms with Gasteiger partial charge >= 0.3 is 0 Å². The van der Waals surface area contributed by atoms with E-state index in [4.69, 9.17) is 0 Å². The topological polar surface area (TPSA) is 46.9 Å². The average Bonchev–Trinajstić information content (AvgIpc) is 2.66. The molecule has 1 heterocycles. The second-order valence-electron chi connectivity index (χ2n) is 5.52. The van der Waals surface area contributed by atoms with Crippen molar-refractivity contribution in [2.45, 2.75) is 40.7 Å². The molecule has 21 heavy (non-hydrogen) atoms. The van der Waals surface area contributed by atoms with Crippen LogP contribution in [-0.4, -0.2) is 15.7 Å². The van der Waals surface area contributed by atoms with Gasteiger partial charge in [0.2, 0.25) is 0 Å². The molecule has 1 amide bonds. The van der Waals surface area contributed by atoms with Gasteiger partial charge in [-0.1, -0.05) is 6.07 Å². The van der Waals surface area contributed by atoms with Gasteiger partial charge in [0, 0.05) is 10.5 Å². The lowest BCUT2D eigenvalue weighted by Gasteiger charge is -2.10. The van der Waals surface area contributed by atoms with Crippen molar-refractivity contribution in [3.8, 4) is 0 Å². The van der Waals surface area contributed by atoms with Gasteiger partial charge < -0.3 is 5.32 Å². The normalized spacial score (nSPS) is 11.0. The monoisotopic (exact) mass is 349 g/mol. The standard InChI is InChI=1S/C16H20BrN3O/c1-9(2)20-12(5)15(11(4)19-20)18-16(21)13-7-6-10(3)8-14(13)17/h6-9H,1-5H3,(H,18,21). The Morgan fingerprint density at radius 2 is 1.95 bits per heavy atom. The molecule has 0 unspecified atom stereocenters. The number of rotatable bonds is 3. The van der Waals surface area contributed by atoms with Crippen LogP contribution in [0.15, 0.2) is 22.7 Å². The van der Waals surface area contributed by atoms with Gasteiger partial charge in [-0.15, -0.1) is 0 Å². The third kappa shape index (κ3) is 3.18. The van der Waals surface area contributed by atoms with Crippen LogP contribution in [0.1, 0.15) is 47.2 Å². The number of halogens is 1. The molecule has 0 aliphatic carbocycles. The van der Waals surface area contributed by atoms with Crippen LogP contribution in [0, 0.1) is 20.8 Å². The van der Waals surface area contributed by atoms with E-state index in [0.29, 0.717) is 5.56 Å². The average molecular weight is 350 g/mol. The zero-order valence-corrected chi connectivity index (χ0v) is 14.6. The summed E-state index contributed by atoms with van der Waals surface area (Å²) in [5.74, 6) is -0.128. The molecule has 1 N–H and O–H groups in total. The highest BCUT2D eigenvalue weighted by molar-refractivity contribution is 9.10. The van der Waals surface area contributed by atoms with Gasteiger partial charge in [0.25, 0.3) is 5.91 Å². The number of aryl methyl sites for hydroxylation is 2. The first-order valence-electron chi connectivity index (χ1n) is 6.94. The van der Waals surface area contributed by atoms with Crippen LogP contribution in [0.4, 0.5) is 5.69 Å². The van der Waals surface area contributed by atoms with Crippen molar-refractivity contribution in [2.75, 3.05) is 5.32 Å². The lowest BCUT2D eigenvalue weighted by atomic mass is 10.1. The minimum Gasteiger partial charge on any atom is -0.319 e. The van der Waals surface area contributed by atoms with E-state index in [2.05, 4.69) is 40.2 Å². The quantitative estimate of drug-likeness (QED) is 0.892. The van der Waals surface area contributed by atoms with Crippen LogP contribution < -0.4 is 5.32 Å². The molecule has 2 aromatic rings. The van der Waals surface area contributed by atoms with E-state index in [9.17, 15) is 4.79 Å². The van der Waals surface area contributed by atoms with Crippen molar-refractivity contribution in [2.24, 2.45) is 0 Å². The lowest BCUT2D eigenvalue weighted by Crippen LogP contribution is -2.14. The number of hydrogen-bond acceptors (Lipinski definition) is 2. The molecule has 4 nitrogen and oxygen atoms in total. The number of carbonyl (C=O) groups excluding carboxylic acids is 1. The van der Waals surface area contributed by atoms with Gasteiger partial charge in [0.1, 0.15) is 0 Å². The number of nitrogens with zero attached hydrogens (tertiary/aromatic N) is 2. The van der Waals surface area contributed by atoms with Crippen LogP contribution in [0.3, 0.4) is 0 Å². The number of carbonyl (C=O) groups is 1. The Labute approximate surface area is 133 Å². The van der Waals surface area contributed by atoms with E-state index in [1.54, 1.807) is 0 Å². The van der Waals surface area contributed by atoms with Crippen molar-refractivity contribution in [3.63, 3.8) is 0 Å². The van der Waals surface area contributed by atoms with Crippen molar-refractivity contribution in [1.29, 1.82) is 0 Å². The van der Waals surface area contributed by atoms with E-state index < -0.39 is 0 Å². The highest BCUT2D eigenvalue weighted by Gasteiger charge is 2.17. The van der Waals surface area contributed by atoms with Gasteiger partial charge in [-0.3, -0.25) is 9.48 Å². The lowest BCUT2D eigenvalue weighted by molar-refractivity contribution is 0.102. The van der Waals surface area contributed by atoms with E-state index in [0.717, 1.165) is 27.1 Å². The summed E-state index contributed by atoms with van der Waals surface area (Å²) in [6, 6.07) is 5.95. The first-order chi connectivity index (χ1) is 9.81. The molecule has 0 radical (unpaired) electrons. The maximum atomic E-state index is 12.5. The summed E-state index contributed by atoms with van der Waals surface area (Å²) >= 11 is 3.44. The predicted molar refractivity (Wildman–Crippen MR) is 88.9 cm³/mol. The summed E-state index contributed by atoms with van der Waals surface area (Å²) in [4.78, 5) is 12.5. The van der Waals surface area contributed by atoms with E-state index in [1.165, 1.54) is 0 Å². The maximum absolute atomic E-state index is 12.5. The van der Waals surface area contributed by atoms with Crippen LogP contribution in [0.2, 0.25) is 0 Å². The van der Waals surface area contributed by atoms with E-state index in [1.807, 2.05) is 43.7 Å². The number of nitrogens with one attached hydrogen (secondary N) is 1. The Kier molecular flexibility index (Phi) is 4.52. The van der Waals surface area contributed by atoms with Crippen molar-refractivity contribution >= 4 is 27.5 Å². The van der Waals surface area contributed by atoms with Crippen LogP contribution >= 0.6 is 15.9 Å². The van der Waals surface area contributed by atoms with Gasteiger partial charge in [0.15, 0.2) is 0 Å². The summed E-state index contributed by atoms with van der Waals surface area (Å²) in [6.07, 6.45) is 0. The Hall–Kier alpha value is -1.62. The molecule has 2 rings (SSSR count). The molecule has 1 aromatic heterocycles. The molecule has 5 heteroatoms. The van der Waals surface area contributed by atoms with Crippen molar-refractivity contribution in [3.05, 3.63) is 45.2 Å². The molecular formula is C16H20BrN3O. The number of hydrogen-bond donors (Lipinski definition) is 1.